The zero-order valence-corrected chi connectivity index (χ0v) is 17.5. The summed E-state index contributed by atoms with van der Waals surface area (Å²) in [5, 5.41) is 0. The first kappa shape index (κ1) is 19.9. The largest absolute Gasteiger partial charge is 0.345 e. The van der Waals surface area contributed by atoms with Crippen LogP contribution in [0.15, 0.2) is 24.3 Å². The van der Waals surface area contributed by atoms with Crippen molar-refractivity contribution in [1.29, 1.82) is 0 Å². The lowest BCUT2D eigenvalue weighted by Crippen LogP contribution is -2.62. The Hall–Kier alpha value is -2.37. The summed E-state index contributed by atoms with van der Waals surface area (Å²) in [4.78, 5) is 43.8. The van der Waals surface area contributed by atoms with Gasteiger partial charge in [0.2, 0.25) is 11.8 Å². The molecule has 1 aromatic rings. The number of hydrogen-bond acceptors (Lipinski definition) is 3. The molecule has 2 heterocycles. The zero-order valence-electron chi connectivity index (χ0n) is 17.5. The Kier molecular flexibility index (Phi) is 5.36. The fraction of sp³-hybridized carbons (Fsp3) is 0.609. The fourth-order valence-corrected chi connectivity index (χ4v) is 5.30. The molecule has 1 aliphatic carbocycles. The summed E-state index contributed by atoms with van der Waals surface area (Å²) in [5.41, 5.74) is 0.650. The van der Waals surface area contributed by atoms with Crippen molar-refractivity contribution in [2.45, 2.75) is 64.0 Å². The molecule has 0 radical (unpaired) electrons. The highest BCUT2D eigenvalue weighted by Gasteiger charge is 2.52. The lowest BCUT2D eigenvalue weighted by Gasteiger charge is -2.48. The van der Waals surface area contributed by atoms with Crippen molar-refractivity contribution in [3.8, 4) is 0 Å². The molecular formula is C23H31N3O3. The number of nitrogens with zero attached hydrogens (tertiary/aromatic N) is 3. The topological polar surface area (TPSA) is 60.9 Å². The highest BCUT2D eigenvalue weighted by Crippen LogP contribution is 2.44. The van der Waals surface area contributed by atoms with Gasteiger partial charge in [0, 0.05) is 33.0 Å². The van der Waals surface area contributed by atoms with Gasteiger partial charge in [0.25, 0.3) is 5.91 Å². The first-order valence-electron chi connectivity index (χ1n) is 10.9. The molecule has 2 fully saturated rings. The molecule has 3 aliphatic rings. The van der Waals surface area contributed by atoms with Crippen LogP contribution in [0.4, 0.5) is 5.69 Å². The Morgan fingerprint density at radius 1 is 1.21 bits per heavy atom. The van der Waals surface area contributed by atoms with Crippen LogP contribution in [-0.4, -0.2) is 53.3 Å². The molecule has 6 heteroatoms. The van der Waals surface area contributed by atoms with E-state index in [1.54, 1.807) is 11.0 Å². The van der Waals surface area contributed by atoms with Crippen molar-refractivity contribution in [2.24, 2.45) is 5.92 Å². The van der Waals surface area contributed by atoms with Gasteiger partial charge in [-0.2, -0.15) is 0 Å². The van der Waals surface area contributed by atoms with Crippen LogP contribution in [0.1, 0.15) is 68.6 Å². The van der Waals surface area contributed by atoms with E-state index in [4.69, 9.17) is 0 Å². The Morgan fingerprint density at radius 2 is 1.93 bits per heavy atom. The fourth-order valence-electron chi connectivity index (χ4n) is 5.30. The van der Waals surface area contributed by atoms with Gasteiger partial charge in [-0.1, -0.05) is 25.0 Å². The second kappa shape index (κ2) is 7.81. The second-order valence-corrected chi connectivity index (χ2v) is 8.95. The highest BCUT2D eigenvalue weighted by atomic mass is 16.2. The molecular weight excluding hydrogens is 366 g/mol. The summed E-state index contributed by atoms with van der Waals surface area (Å²) in [6.07, 6.45) is 7.11. The Morgan fingerprint density at radius 3 is 2.69 bits per heavy atom. The van der Waals surface area contributed by atoms with Crippen molar-refractivity contribution >= 4 is 23.4 Å². The van der Waals surface area contributed by atoms with Crippen LogP contribution in [0.3, 0.4) is 0 Å². The van der Waals surface area contributed by atoms with E-state index in [0.717, 1.165) is 6.54 Å². The molecule has 1 unspecified atom stereocenters. The average molecular weight is 398 g/mol. The molecule has 1 atom stereocenters. The lowest BCUT2D eigenvalue weighted by molar-refractivity contribution is -0.130. The highest BCUT2D eigenvalue weighted by molar-refractivity contribution is 6.10. The minimum atomic E-state index is -0.638. The van der Waals surface area contributed by atoms with Crippen molar-refractivity contribution in [3.63, 3.8) is 0 Å². The second-order valence-electron chi connectivity index (χ2n) is 8.95. The quantitative estimate of drug-likeness (QED) is 0.739. The Labute approximate surface area is 172 Å². The molecule has 156 valence electrons. The summed E-state index contributed by atoms with van der Waals surface area (Å²) < 4.78 is 0. The maximum atomic E-state index is 13.2. The smallest absolute Gasteiger partial charge is 0.257 e. The van der Waals surface area contributed by atoms with Gasteiger partial charge in [-0.3, -0.25) is 19.3 Å². The molecule has 1 saturated heterocycles. The molecule has 2 aliphatic heterocycles. The number of fused-ring (bicyclic) bond motifs is 3. The normalized spacial score (nSPS) is 24.1. The van der Waals surface area contributed by atoms with E-state index in [2.05, 4.69) is 0 Å². The van der Waals surface area contributed by atoms with E-state index in [1.165, 1.54) is 25.7 Å². The van der Waals surface area contributed by atoms with Crippen LogP contribution in [0, 0.1) is 5.92 Å². The lowest BCUT2D eigenvalue weighted by atomic mass is 9.98. The van der Waals surface area contributed by atoms with Crippen molar-refractivity contribution < 1.29 is 14.4 Å². The minimum absolute atomic E-state index is 0.0409. The molecule has 1 saturated carbocycles. The van der Waals surface area contributed by atoms with Gasteiger partial charge >= 0.3 is 0 Å². The van der Waals surface area contributed by atoms with Crippen LogP contribution in [-0.2, 0) is 9.59 Å². The molecule has 6 nitrogen and oxygen atoms in total. The number of para-hydroxylation sites is 1. The van der Waals surface area contributed by atoms with Crippen LogP contribution >= 0.6 is 0 Å². The van der Waals surface area contributed by atoms with Gasteiger partial charge in [-0.25, -0.2) is 0 Å². The summed E-state index contributed by atoms with van der Waals surface area (Å²) in [6, 6.07) is 7.34. The number of amides is 3. The Bertz CT molecular complexity index is 817. The van der Waals surface area contributed by atoms with Crippen molar-refractivity contribution in [1.82, 2.24) is 9.80 Å². The van der Waals surface area contributed by atoms with E-state index in [9.17, 15) is 14.4 Å². The van der Waals surface area contributed by atoms with E-state index >= 15 is 0 Å². The molecule has 0 bridgehead atoms. The third-order valence-corrected chi connectivity index (χ3v) is 6.95. The summed E-state index contributed by atoms with van der Waals surface area (Å²) in [7, 11) is 1.89. The van der Waals surface area contributed by atoms with Gasteiger partial charge in [0.15, 0.2) is 0 Å². The Balaban J connectivity index is 1.42. The SMILES string of the molecule is CN(CC1CCCC1)C(=O)CCCN1C(=O)c2ccccc2N2C(=O)CCC12C. The standard InChI is InChI=1S/C23H31N3O3/c1-23-14-13-21(28)26(23)19-11-6-5-10-18(19)22(29)25(23)15-7-12-20(27)24(2)16-17-8-3-4-9-17/h5-6,10-11,17H,3-4,7-9,12-16H2,1-2H3. The van der Waals surface area contributed by atoms with Crippen LogP contribution in [0.2, 0.25) is 0 Å². The predicted octanol–water partition coefficient (Wildman–Crippen LogP) is 3.41. The summed E-state index contributed by atoms with van der Waals surface area (Å²) in [6.45, 7) is 3.30. The first-order valence-corrected chi connectivity index (χ1v) is 10.9. The molecule has 1 aromatic carbocycles. The van der Waals surface area contributed by atoms with Gasteiger partial charge in [0.1, 0.15) is 5.66 Å². The maximum absolute atomic E-state index is 13.2. The monoisotopic (exact) mass is 397 g/mol. The van der Waals surface area contributed by atoms with E-state index in [-0.39, 0.29) is 17.7 Å². The van der Waals surface area contributed by atoms with Crippen LogP contribution in [0.5, 0.6) is 0 Å². The summed E-state index contributed by atoms with van der Waals surface area (Å²) in [5.74, 6) is 0.804. The third kappa shape index (κ3) is 3.53. The third-order valence-electron chi connectivity index (χ3n) is 6.95. The maximum Gasteiger partial charge on any atom is 0.257 e. The molecule has 29 heavy (non-hydrogen) atoms. The number of carbonyl (C=O) groups is 3. The predicted molar refractivity (Wildman–Crippen MR) is 111 cm³/mol. The van der Waals surface area contributed by atoms with E-state index in [1.807, 2.05) is 42.0 Å². The van der Waals surface area contributed by atoms with E-state index < -0.39 is 5.66 Å². The number of carbonyl (C=O) groups excluding carboxylic acids is 3. The number of hydrogen-bond donors (Lipinski definition) is 0. The van der Waals surface area contributed by atoms with Gasteiger partial charge in [-0.05, 0) is 50.7 Å². The van der Waals surface area contributed by atoms with Crippen molar-refractivity contribution in [2.75, 3.05) is 25.0 Å². The molecule has 0 aromatic heterocycles. The van der Waals surface area contributed by atoms with Gasteiger partial charge < -0.3 is 9.80 Å². The number of benzene rings is 1. The zero-order chi connectivity index (χ0) is 20.6. The van der Waals surface area contributed by atoms with Crippen LogP contribution in [0.25, 0.3) is 0 Å². The molecule has 0 spiro atoms. The average Bonchev–Trinajstić information content (AvgIpc) is 3.32. The van der Waals surface area contributed by atoms with E-state index in [0.29, 0.717) is 49.4 Å². The summed E-state index contributed by atoms with van der Waals surface area (Å²) >= 11 is 0. The molecule has 4 rings (SSSR count). The van der Waals surface area contributed by atoms with Crippen LogP contribution < -0.4 is 4.90 Å². The van der Waals surface area contributed by atoms with Gasteiger partial charge in [-0.15, -0.1) is 0 Å². The first-order chi connectivity index (χ1) is 13.9. The molecule has 0 N–H and O–H groups in total. The van der Waals surface area contributed by atoms with Gasteiger partial charge in [0.05, 0.1) is 11.3 Å². The number of anilines is 1. The number of rotatable bonds is 6. The molecule has 3 amide bonds. The minimum Gasteiger partial charge on any atom is -0.345 e. The van der Waals surface area contributed by atoms with Crippen molar-refractivity contribution in [3.05, 3.63) is 29.8 Å².